The standard InChI is InChI=1S/C11H19N3O/c1-8(7-15-2)6-14-9-3-4-10(12)11(13)5-9/h3-5,8,14H,6-7,12-13H2,1-2H3. The molecule has 0 spiro atoms. The van der Waals surface area contributed by atoms with Crippen LogP contribution in [0.3, 0.4) is 0 Å². The number of benzene rings is 1. The Balaban J connectivity index is 2.47. The Morgan fingerprint density at radius 1 is 1.33 bits per heavy atom. The van der Waals surface area contributed by atoms with Crippen LogP contribution in [0.1, 0.15) is 6.92 Å². The van der Waals surface area contributed by atoms with Gasteiger partial charge in [0.25, 0.3) is 0 Å². The van der Waals surface area contributed by atoms with Gasteiger partial charge in [-0.1, -0.05) is 6.92 Å². The summed E-state index contributed by atoms with van der Waals surface area (Å²) < 4.78 is 5.05. The summed E-state index contributed by atoms with van der Waals surface area (Å²) in [6.07, 6.45) is 0. The van der Waals surface area contributed by atoms with Crippen LogP contribution >= 0.6 is 0 Å². The van der Waals surface area contributed by atoms with Crippen LogP contribution in [-0.2, 0) is 4.74 Å². The van der Waals surface area contributed by atoms with Crippen LogP contribution in [0, 0.1) is 5.92 Å². The van der Waals surface area contributed by atoms with Crippen molar-refractivity contribution in [2.24, 2.45) is 5.92 Å². The highest BCUT2D eigenvalue weighted by atomic mass is 16.5. The first-order valence-corrected chi connectivity index (χ1v) is 5.01. The molecule has 0 radical (unpaired) electrons. The third-order valence-corrected chi connectivity index (χ3v) is 2.19. The van der Waals surface area contributed by atoms with Crippen molar-refractivity contribution in [3.05, 3.63) is 18.2 Å². The smallest absolute Gasteiger partial charge is 0.0568 e. The summed E-state index contributed by atoms with van der Waals surface area (Å²) in [6, 6.07) is 5.57. The zero-order valence-corrected chi connectivity index (χ0v) is 9.29. The molecule has 5 N–H and O–H groups in total. The molecule has 1 unspecified atom stereocenters. The maximum absolute atomic E-state index is 5.70. The number of hydrogen-bond acceptors (Lipinski definition) is 4. The molecule has 15 heavy (non-hydrogen) atoms. The van der Waals surface area contributed by atoms with E-state index in [4.69, 9.17) is 16.2 Å². The molecule has 1 aromatic rings. The van der Waals surface area contributed by atoms with E-state index in [1.165, 1.54) is 0 Å². The molecule has 0 heterocycles. The minimum absolute atomic E-state index is 0.466. The van der Waals surface area contributed by atoms with Crippen molar-refractivity contribution >= 4 is 17.1 Å². The Morgan fingerprint density at radius 3 is 2.67 bits per heavy atom. The van der Waals surface area contributed by atoms with Gasteiger partial charge in [0, 0.05) is 19.3 Å². The summed E-state index contributed by atoms with van der Waals surface area (Å²) in [4.78, 5) is 0. The fourth-order valence-electron chi connectivity index (χ4n) is 1.32. The topological polar surface area (TPSA) is 73.3 Å². The summed E-state index contributed by atoms with van der Waals surface area (Å²) in [5.74, 6) is 0.466. The van der Waals surface area contributed by atoms with Crippen molar-refractivity contribution in [1.82, 2.24) is 0 Å². The minimum Gasteiger partial charge on any atom is -0.397 e. The molecule has 0 saturated carbocycles. The van der Waals surface area contributed by atoms with Gasteiger partial charge in [0.05, 0.1) is 18.0 Å². The molecule has 84 valence electrons. The van der Waals surface area contributed by atoms with E-state index in [1.54, 1.807) is 13.2 Å². The van der Waals surface area contributed by atoms with Crippen LogP contribution in [0.25, 0.3) is 0 Å². The minimum atomic E-state index is 0.466. The molecule has 4 nitrogen and oxygen atoms in total. The van der Waals surface area contributed by atoms with Crippen molar-refractivity contribution in [2.75, 3.05) is 37.0 Å². The second kappa shape index (κ2) is 5.46. The number of nitrogen functional groups attached to an aromatic ring is 2. The molecular weight excluding hydrogens is 190 g/mol. The first-order valence-electron chi connectivity index (χ1n) is 5.01. The number of hydrogen-bond donors (Lipinski definition) is 3. The lowest BCUT2D eigenvalue weighted by molar-refractivity contribution is 0.164. The van der Waals surface area contributed by atoms with Gasteiger partial charge in [-0.05, 0) is 24.1 Å². The summed E-state index contributed by atoms with van der Waals surface area (Å²) in [7, 11) is 1.71. The summed E-state index contributed by atoms with van der Waals surface area (Å²) in [5, 5.41) is 3.28. The molecule has 0 aliphatic carbocycles. The number of nitrogens with two attached hydrogens (primary N) is 2. The summed E-state index contributed by atoms with van der Waals surface area (Å²) >= 11 is 0. The van der Waals surface area contributed by atoms with E-state index in [1.807, 2.05) is 12.1 Å². The van der Waals surface area contributed by atoms with E-state index in [0.29, 0.717) is 17.3 Å². The van der Waals surface area contributed by atoms with Crippen LogP contribution in [0.15, 0.2) is 18.2 Å². The van der Waals surface area contributed by atoms with Crippen LogP contribution in [0.4, 0.5) is 17.1 Å². The normalized spacial score (nSPS) is 12.4. The monoisotopic (exact) mass is 209 g/mol. The van der Waals surface area contributed by atoms with E-state index in [9.17, 15) is 0 Å². The molecule has 0 saturated heterocycles. The Kier molecular flexibility index (Phi) is 4.24. The number of rotatable bonds is 5. The fourth-order valence-corrected chi connectivity index (χ4v) is 1.32. The molecule has 0 aromatic heterocycles. The highest BCUT2D eigenvalue weighted by Gasteiger charge is 2.01. The maximum atomic E-state index is 5.70. The van der Waals surface area contributed by atoms with Crippen LogP contribution in [0.2, 0.25) is 0 Å². The van der Waals surface area contributed by atoms with E-state index < -0.39 is 0 Å². The molecule has 0 bridgehead atoms. The molecular formula is C11H19N3O. The van der Waals surface area contributed by atoms with Gasteiger partial charge >= 0.3 is 0 Å². The van der Waals surface area contributed by atoms with Crippen molar-refractivity contribution in [2.45, 2.75) is 6.92 Å². The van der Waals surface area contributed by atoms with E-state index in [-0.39, 0.29) is 0 Å². The van der Waals surface area contributed by atoms with Gasteiger partial charge in [-0.3, -0.25) is 0 Å². The van der Waals surface area contributed by atoms with E-state index in [0.717, 1.165) is 18.8 Å². The van der Waals surface area contributed by atoms with Gasteiger partial charge in [0.2, 0.25) is 0 Å². The molecule has 0 aliphatic rings. The third kappa shape index (κ3) is 3.67. The lowest BCUT2D eigenvalue weighted by Crippen LogP contribution is -2.15. The van der Waals surface area contributed by atoms with Crippen molar-refractivity contribution < 1.29 is 4.74 Å². The van der Waals surface area contributed by atoms with E-state index >= 15 is 0 Å². The Labute approximate surface area is 90.6 Å². The first kappa shape index (κ1) is 11.7. The highest BCUT2D eigenvalue weighted by Crippen LogP contribution is 2.19. The van der Waals surface area contributed by atoms with Crippen LogP contribution in [-0.4, -0.2) is 20.3 Å². The fraction of sp³-hybridized carbons (Fsp3) is 0.455. The number of anilines is 3. The zero-order chi connectivity index (χ0) is 11.3. The van der Waals surface area contributed by atoms with Gasteiger partial charge in [-0.25, -0.2) is 0 Å². The maximum Gasteiger partial charge on any atom is 0.0568 e. The molecule has 0 amide bonds. The Morgan fingerprint density at radius 2 is 2.07 bits per heavy atom. The van der Waals surface area contributed by atoms with Gasteiger partial charge in [0.1, 0.15) is 0 Å². The third-order valence-electron chi connectivity index (χ3n) is 2.19. The summed E-state index contributed by atoms with van der Waals surface area (Å²) in [5.41, 5.74) is 13.5. The Bertz CT molecular complexity index is 315. The number of ether oxygens (including phenoxy) is 1. The molecule has 1 rings (SSSR count). The first-order chi connectivity index (χ1) is 7.13. The van der Waals surface area contributed by atoms with Gasteiger partial charge in [-0.2, -0.15) is 0 Å². The second-order valence-electron chi connectivity index (χ2n) is 3.79. The quantitative estimate of drug-likeness (QED) is 0.643. The highest BCUT2D eigenvalue weighted by molar-refractivity contribution is 5.69. The number of nitrogens with one attached hydrogen (secondary N) is 1. The molecule has 0 aliphatic heterocycles. The Hall–Kier alpha value is -1.42. The predicted octanol–water partition coefficient (Wildman–Crippen LogP) is 1.55. The van der Waals surface area contributed by atoms with Gasteiger partial charge in [0.15, 0.2) is 0 Å². The van der Waals surface area contributed by atoms with Crippen molar-refractivity contribution in [3.63, 3.8) is 0 Å². The van der Waals surface area contributed by atoms with Gasteiger partial charge in [-0.15, -0.1) is 0 Å². The molecule has 1 aromatic carbocycles. The van der Waals surface area contributed by atoms with Crippen molar-refractivity contribution in [1.29, 1.82) is 0 Å². The molecule has 4 heteroatoms. The number of methoxy groups -OCH3 is 1. The average Bonchev–Trinajstić information content (AvgIpc) is 2.20. The van der Waals surface area contributed by atoms with Crippen LogP contribution in [0.5, 0.6) is 0 Å². The van der Waals surface area contributed by atoms with Crippen LogP contribution < -0.4 is 16.8 Å². The van der Waals surface area contributed by atoms with E-state index in [2.05, 4.69) is 12.2 Å². The van der Waals surface area contributed by atoms with Crippen molar-refractivity contribution in [3.8, 4) is 0 Å². The lowest BCUT2D eigenvalue weighted by Gasteiger charge is -2.13. The SMILES string of the molecule is COCC(C)CNc1ccc(N)c(N)c1. The average molecular weight is 209 g/mol. The molecule has 1 atom stereocenters. The second-order valence-corrected chi connectivity index (χ2v) is 3.79. The summed E-state index contributed by atoms with van der Waals surface area (Å²) in [6.45, 7) is 3.73. The van der Waals surface area contributed by atoms with Gasteiger partial charge < -0.3 is 21.5 Å². The predicted molar refractivity (Wildman–Crippen MR) is 64.8 cm³/mol. The zero-order valence-electron chi connectivity index (χ0n) is 9.29. The largest absolute Gasteiger partial charge is 0.397 e. The lowest BCUT2D eigenvalue weighted by atomic mass is 10.2. The molecule has 0 fully saturated rings.